The summed E-state index contributed by atoms with van der Waals surface area (Å²) in [5.74, 6) is 1.72. The highest BCUT2D eigenvalue weighted by molar-refractivity contribution is 14.0. The standard InChI is InChI=1S/C24H34N4O2.HI/c1-19-9-10-21(23(15-19)30-22-11-14-29-18-22)16-27-24(25-2)26-12-13-28(3)17-20-7-5-4-6-8-20;/h4-10,15,22H,11-14,16-18H2,1-3H3,(H2,25,26,27);1H. The SMILES string of the molecule is CN=C(NCCN(C)Cc1ccccc1)NCc1ccc(C)cc1OC1CCOC1.I. The van der Waals surface area contributed by atoms with Crippen molar-refractivity contribution in [2.75, 3.05) is 40.4 Å². The smallest absolute Gasteiger partial charge is 0.191 e. The highest BCUT2D eigenvalue weighted by Crippen LogP contribution is 2.23. The molecule has 0 spiro atoms. The van der Waals surface area contributed by atoms with E-state index >= 15 is 0 Å². The molecule has 0 saturated carbocycles. The minimum Gasteiger partial charge on any atom is -0.488 e. The number of ether oxygens (including phenoxy) is 2. The first-order valence-corrected chi connectivity index (χ1v) is 10.6. The monoisotopic (exact) mass is 538 g/mol. The van der Waals surface area contributed by atoms with Crippen molar-refractivity contribution in [2.24, 2.45) is 4.99 Å². The largest absolute Gasteiger partial charge is 0.488 e. The van der Waals surface area contributed by atoms with Crippen LogP contribution in [0.3, 0.4) is 0 Å². The van der Waals surface area contributed by atoms with Gasteiger partial charge in [0, 0.05) is 45.2 Å². The fourth-order valence-electron chi connectivity index (χ4n) is 3.44. The molecule has 31 heavy (non-hydrogen) atoms. The molecule has 2 aromatic rings. The Morgan fingerprint density at radius 1 is 1.19 bits per heavy atom. The van der Waals surface area contributed by atoms with Crippen LogP contribution in [-0.4, -0.2) is 57.4 Å². The van der Waals surface area contributed by atoms with Gasteiger partial charge in [0.2, 0.25) is 0 Å². The number of guanidine groups is 1. The third-order valence-corrected chi connectivity index (χ3v) is 5.16. The van der Waals surface area contributed by atoms with Gasteiger partial charge in [-0.15, -0.1) is 24.0 Å². The van der Waals surface area contributed by atoms with E-state index in [1.54, 1.807) is 7.05 Å². The molecule has 2 N–H and O–H groups in total. The second-order valence-corrected chi connectivity index (χ2v) is 7.79. The van der Waals surface area contributed by atoms with Crippen LogP contribution in [0.5, 0.6) is 5.75 Å². The van der Waals surface area contributed by atoms with Crippen molar-refractivity contribution in [3.63, 3.8) is 0 Å². The van der Waals surface area contributed by atoms with E-state index in [-0.39, 0.29) is 30.1 Å². The van der Waals surface area contributed by atoms with Crippen LogP contribution in [0.15, 0.2) is 53.5 Å². The summed E-state index contributed by atoms with van der Waals surface area (Å²) in [6.07, 6.45) is 1.09. The number of likely N-dealkylation sites (N-methyl/N-ethyl adjacent to an activating group) is 1. The number of benzene rings is 2. The molecule has 170 valence electrons. The maximum absolute atomic E-state index is 6.19. The average Bonchev–Trinajstić information content (AvgIpc) is 3.25. The zero-order valence-corrected chi connectivity index (χ0v) is 21.1. The Morgan fingerprint density at radius 3 is 2.71 bits per heavy atom. The van der Waals surface area contributed by atoms with E-state index in [2.05, 4.69) is 77.0 Å². The van der Waals surface area contributed by atoms with Gasteiger partial charge in [0.1, 0.15) is 11.9 Å². The molecule has 3 rings (SSSR count). The minimum absolute atomic E-state index is 0. The topological polar surface area (TPSA) is 58.1 Å². The maximum atomic E-state index is 6.19. The Bertz CT molecular complexity index is 810. The van der Waals surface area contributed by atoms with Crippen molar-refractivity contribution in [1.29, 1.82) is 0 Å². The minimum atomic E-state index is 0. The van der Waals surface area contributed by atoms with Gasteiger partial charge in [0.25, 0.3) is 0 Å². The lowest BCUT2D eigenvalue weighted by Crippen LogP contribution is -2.40. The van der Waals surface area contributed by atoms with Gasteiger partial charge in [-0.05, 0) is 31.2 Å². The van der Waals surface area contributed by atoms with Gasteiger partial charge >= 0.3 is 0 Å². The number of aryl methyl sites for hydroxylation is 1. The zero-order chi connectivity index (χ0) is 21.2. The van der Waals surface area contributed by atoms with Crippen LogP contribution >= 0.6 is 24.0 Å². The average molecular weight is 538 g/mol. The molecule has 0 aliphatic carbocycles. The molecule has 1 saturated heterocycles. The quantitative estimate of drug-likeness (QED) is 0.291. The van der Waals surface area contributed by atoms with E-state index in [9.17, 15) is 0 Å². The van der Waals surface area contributed by atoms with Gasteiger partial charge in [-0.1, -0.05) is 42.5 Å². The summed E-state index contributed by atoms with van der Waals surface area (Å²) in [4.78, 5) is 6.65. The molecular weight excluding hydrogens is 503 g/mol. The number of aliphatic imine (C=N–C) groups is 1. The second-order valence-electron chi connectivity index (χ2n) is 7.79. The number of hydrogen-bond acceptors (Lipinski definition) is 4. The van der Waals surface area contributed by atoms with E-state index in [1.807, 2.05) is 6.07 Å². The summed E-state index contributed by atoms with van der Waals surface area (Å²) < 4.78 is 11.6. The Kier molecular flexibility index (Phi) is 11.1. The summed E-state index contributed by atoms with van der Waals surface area (Å²) in [5, 5.41) is 6.80. The predicted molar refractivity (Wildman–Crippen MR) is 137 cm³/mol. The van der Waals surface area contributed by atoms with Crippen molar-refractivity contribution in [3.05, 3.63) is 65.2 Å². The Labute approximate surface area is 203 Å². The fraction of sp³-hybridized carbons (Fsp3) is 0.458. The van der Waals surface area contributed by atoms with E-state index in [4.69, 9.17) is 9.47 Å². The van der Waals surface area contributed by atoms with Crippen LogP contribution in [0.1, 0.15) is 23.1 Å². The van der Waals surface area contributed by atoms with E-state index in [0.717, 1.165) is 49.9 Å². The van der Waals surface area contributed by atoms with Crippen molar-refractivity contribution >= 4 is 29.9 Å². The second kappa shape index (κ2) is 13.5. The first kappa shape index (κ1) is 25.4. The first-order chi connectivity index (χ1) is 14.6. The van der Waals surface area contributed by atoms with Gasteiger partial charge in [0.05, 0.1) is 13.2 Å². The lowest BCUT2D eigenvalue weighted by Gasteiger charge is -2.19. The molecule has 7 heteroatoms. The van der Waals surface area contributed by atoms with Crippen molar-refractivity contribution in [1.82, 2.24) is 15.5 Å². The molecule has 1 aliphatic rings. The van der Waals surface area contributed by atoms with E-state index in [0.29, 0.717) is 13.2 Å². The molecule has 1 atom stereocenters. The van der Waals surface area contributed by atoms with Gasteiger partial charge in [-0.2, -0.15) is 0 Å². The van der Waals surface area contributed by atoms with Crippen LogP contribution < -0.4 is 15.4 Å². The lowest BCUT2D eigenvalue weighted by molar-refractivity contribution is 0.140. The number of halogens is 1. The highest BCUT2D eigenvalue weighted by atomic mass is 127. The highest BCUT2D eigenvalue weighted by Gasteiger charge is 2.18. The third kappa shape index (κ3) is 8.66. The lowest BCUT2D eigenvalue weighted by atomic mass is 10.1. The summed E-state index contributed by atoms with van der Waals surface area (Å²) in [5.41, 5.74) is 3.63. The summed E-state index contributed by atoms with van der Waals surface area (Å²) in [6, 6.07) is 16.9. The van der Waals surface area contributed by atoms with Gasteiger partial charge < -0.3 is 25.0 Å². The zero-order valence-electron chi connectivity index (χ0n) is 18.8. The predicted octanol–water partition coefficient (Wildman–Crippen LogP) is 3.58. The van der Waals surface area contributed by atoms with Crippen LogP contribution in [-0.2, 0) is 17.8 Å². The van der Waals surface area contributed by atoms with Crippen LogP contribution in [0.25, 0.3) is 0 Å². The number of rotatable bonds is 9. The Hall–Kier alpha value is -1.84. The van der Waals surface area contributed by atoms with Crippen molar-refractivity contribution in [3.8, 4) is 5.75 Å². The molecular formula is C24H35IN4O2. The molecule has 0 aromatic heterocycles. The van der Waals surface area contributed by atoms with Crippen LogP contribution in [0.4, 0.5) is 0 Å². The van der Waals surface area contributed by atoms with Gasteiger partial charge in [0.15, 0.2) is 5.96 Å². The van der Waals surface area contributed by atoms with Gasteiger partial charge in [-0.3, -0.25) is 4.99 Å². The summed E-state index contributed by atoms with van der Waals surface area (Å²) >= 11 is 0. The molecule has 0 amide bonds. The third-order valence-electron chi connectivity index (χ3n) is 5.16. The number of hydrogen-bond donors (Lipinski definition) is 2. The van der Waals surface area contributed by atoms with E-state index in [1.165, 1.54) is 11.1 Å². The number of nitrogens with zero attached hydrogens (tertiary/aromatic N) is 2. The molecule has 1 unspecified atom stereocenters. The summed E-state index contributed by atoms with van der Waals surface area (Å²) in [7, 11) is 3.93. The Balaban J connectivity index is 0.00000341. The molecule has 0 bridgehead atoms. The normalized spacial score (nSPS) is 16.1. The molecule has 1 heterocycles. The summed E-state index contributed by atoms with van der Waals surface area (Å²) in [6.45, 7) is 6.86. The first-order valence-electron chi connectivity index (χ1n) is 10.6. The Morgan fingerprint density at radius 2 is 2.00 bits per heavy atom. The molecule has 6 nitrogen and oxygen atoms in total. The molecule has 1 aliphatic heterocycles. The van der Waals surface area contributed by atoms with Crippen LogP contribution in [0, 0.1) is 6.92 Å². The fourth-order valence-corrected chi connectivity index (χ4v) is 3.44. The molecule has 1 fully saturated rings. The van der Waals surface area contributed by atoms with Crippen molar-refractivity contribution < 1.29 is 9.47 Å². The molecule has 2 aromatic carbocycles. The molecule has 0 radical (unpaired) electrons. The van der Waals surface area contributed by atoms with Crippen molar-refractivity contribution in [2.45, 2.75) is 32.5 Å². The van der Waals surface area contributed by atoms with Crippen LogP contribution in [0.2, 0.25) is 0 Å². The van der Waals surface area contributed by atoms with E-state index < -0.39 is 0 Å². The maximum Gasteiger partial charge on any atom is 0.191 e. The number of nitrogens with one attached hydrogen (secondary N) is 2. The van der Waals surface area contributed by atoms with Gasteiger partial charge in [-0.25, -0.2) is 0 Å².